The van der Waals surface area contributed by atoms with Crippen LogP contribution in [0.5, 0.6) is 0 Å². The zero-order chi connectivity index (χ0) is 12.3. The van der Waals surface area contributed by atoms with Crippen molar-refractivity contribution in [3.63, 3.8) is 0 Å². The number of primary amides is 1. The Morgan fingerprint density at radius 2 is 2.31 bits per heavy atom. The van der Waals surface area contributed by atoms with E-state index in [-0.39, 0.29) is 23.4 Å². The standard InChI is InChI=1S/C9H13ClN4O2/c1-5(2)14(3-6(11)15)8-7(10)9(16)13-4-12-8/h4-5H,3H2,1-2H3,(H2,11,15)(H,12,13,16). The maximum Gasteiger partial charge on any atom is 0.271 e. The van der Waals surface area contributed by atoms with Gasteiger partial charge in [-0.1, -0.05) is 11.6 Å². The van der Waals surface area contributed by atoms with Gasteiger partial charge in [0, 0.05) is 6.04 Å². The summed E-state index contributed by atoms with van der Waals surface area (Å²) in [5.74, 6) is -0.244. The monoisotopic (exact) mass is 244 g/mol. The Balaban J connectivity index is 3.16. The molecule has 1 amide bonds. The third kappa shape index (κ3) is 2.73. The normalized spacial score (nSPS) is 10.5. The number of anilines is 1. The van der Waals surface area contributed by atoms with E-state index in [1.54, 1.807) is 4.90 Å². The van der Waals surface area contributed by atoms with Gasteiger partial charge >= 0.3 is 0 Å². The van der Waals surface area contributed by atoms with Crippen molar-refractivity contribution in [1.29, 1.82) is 0 Å². The summed E-state index contributed by atoms with van der Waals surface area (Å²) in [5, 5.41) is -0.0440. The molecule has 0 aromatic carbocycles. The minimum atomic E-state index is -0.508. The second-order valence-electron chi connectivity index (χ2n) is 3.56. The molecule has 0 unspecified atom stereocenters. The first kappa shape index (κ1) is 12.5. The van der Waals surface area contributed by atoms with Gasteiger partial charge < -0.3 is 15.6 Å². The predicted octanol–water partition coefficient (Wildman–Crippen LogP) is 0.123. The lowest BCUT2D eigenvalue weighted by Crippen LogP contribution is -2.40. The highest BCUT2D eigenvalue weighted by molar-refractivity contribution is 6.32. The Morgan fingerprint density at radius 1 is 1.69 bits per heavy atom. The summed E-state index contributed by atoms with van der Waals surface area (Å²) in [6.45, 7) is 3.66. The molecular weight excluding hydrogens is 232 g/mol. The zero-order valence-corrected chi connectivity index (χ0v) is 9.78. The molecule has 88 valence electrons. The van der Waals surface area contributed by atoms with E-state index in [1.807, 2.05) is 13.8 Å². The van der Waals surface area contributed by atoms with Gasteiger partial charge in [-0.15, -0.1) is 0 Å². The van der Waals surface area contributed by atoms with Gasteiger partial charge in [0.15, 0.2) is 5.82 Å². The predicted molar refractivity (Wildman–Crippen MR) is 61.5 cm³/mol. The lowest BCUT2D eigenvalue weighted by Gasteiger charge is -2.26. The Kier molecular flexibility index (Phi) is 3.89. The molecule has 1 aromatic heterocycles. The smallest absolute Gasteiger partial charge is 0.271 e. The first-order chi connectivity index (χ1) is 7.43. The van der Waals surface area contributed by atoms with Gasteiger partial charge in [0.2, 0.25) is 5.91 Å². The number of nitrogens with two attached hydrogens (primary N) is 1. The van der Waals surface area contributed by atoms with Gasteiger partial charge in [-0.25, -0.2) is 4.98 Å². The minimum absolute atomic E-state index is 0.0339. The molecule has 0 radical (unpaired) electrons. The van der Waals surface area contributed by atoms with Crippen molar-refractivity contribution in [2.24, 2.45) is 5.73 Å². The number of aromatic nitrogens is 2. The summed E-state index contributed by atoms with van der Waals surface area (Å²) in [6.07, 6.45) is 1.24. The largest absolute Gasteiger partial charge is 0.368 e. The molecule has 0 atom stereocenters. The minimum Gasteiger partial charge on any atom is -0.368 e. The fourth-order valence-corrected chi connectivity index (χ4v) is 1.46. The maximum absolute atomic E-state index is 11.3. The van der Waals surface area contributed by atoms with Crippen LogP contribution in [0.25, 0.3) is 0 Å². The summed E-state index contributed by atoms with van der Waals surface area (Å²) < 4.78 is 0. The molecule has 0 aliphatic heterocycles. The van der Waals surface area contributed by atoms with Crippen LogP contribution in [-0.4, -0.2) is 28.5 Å². The molecule has 1 heterocycles. The van der Waals surface area contributed by atoms with E-state index in [4.69, 9.17) is 17.3 Å². The van der Waals surface area contributed by atoms with Crippen LogP contribution in [-0.2, 0) is 4.79 Å². The molecule has 0 aliphatic rings. The van der Waals surface area contributed by atoms with Gasteiger partial charge in [-0.3, -0.25) is 9.59 Å². The number of nitrogens with one attached hydrogen (secondary N) is 1. The first-order valence-corrected chi connectivity index (χ1v) is 5.09. The van der Waals surface area contributed by atoms with Crippen molar-refractivity contribution in [2.45, 2.75) is 19.9 Å². The first-order valence-electron chi connectivity index (χ1n) is 4.71. The Morgan fingerprint density at radius 3 is 2.81 bits per heavy atom. The van der Waals surface area contributed by atoms with E-state index in [0.29, 0.717) is 0 Å². The maximum atomic E-state index is 11.3. The number of H-pyrrole nitrogens is 1. The SMILES string of the molecule is CC(C)N(CC(N)=O)c1nc[nH]c(=O)c1Cl. The third-order valence-electron chi connectivity index (χ3n) is 2.00. The summed E-state index contributed by atoms with van der Waals surface area (Å²) in [4.78, 5) is 30.0. The number of hydrogen-bond acceptors (Lipinski definition) is 4. The molecule has 0 bridgehead atoms. The van der Waals surface area contributed by atoms with Crippen molar-refractivity contribution < 1.29 is 4.79 Å². The lowest BCUT2D eigenvalue weighted by atomic mass is 10.3. The number of halogens is 1. The number of nitrogens with zero attached hydrogens (tertiary/aromatic N) is 2. The van der Waals surface area contributed by atoms with Gasteiger partial charge in [0.1, 0.15) is 5.02 Å². The Bertz CT molecular complexity index is 443. The molecule has 6 nitrogen and oxygen atoms in total. The molecule has 0 aliphatic carbocycles. The van der Waals surface area contributed by atoms with E-state index < -0.39 is 11.5 Å². The molecule has 16 heavy (non-hydrogen) atoms. The Labute approximate surface area is 97.4 Å². The van der Waals surface area contributed by atoms with Crippen LogP contribution < -0.4 is 16.2 Å². The second-order valence-corrected chi connectivity index (χ2v) is 3.94. The molecule has 0 saturated carbocycles. The van der Waals surface area contributed by atoms with Crippen molar-refractivity contribution in [2.75, 3.05) is 11.4 Å². The van der Waals surface area contributed by atoms with E-state index in [2.05, 4.69) is 9.97 Å². The number of rotatable bonds is 4. The van der Waals surface area contributed by atoms with Gasteiger partial charge in [-0.2, -0.15) is 0 Å². The van der Waals surface area contributed by atoms with Crippen LogP contribution in [0.15, 0.2) is 11.1 Å². The van der Waals surface area contributed by atoms with Gasteiger partial charge in [0.25, 0.3) is 5.56 Å². The van der Waals surface area contributed by atoms with Crippen LogP contribution in [0.4, 0.5) is 5.82 Å². The number of carbonyl (C=O) groups is 1. The number of amides is 1. The van der Waals surface area contributed by atoms with Crippen LogP contribution in [0.3, 0.4) is 0 Å². The zero-order valence-electron chi connectivity index (χ0n) is 9.03. The van der Waals surface area contributed by atoms with Crippen molar-refractivity contribution in [1.82, 2.24) is 9.97 Å². The van der Waals surface area contributed by atoms with E-state index in [9.17, 15) is 9.59 Å². The highest BCUT2D eigenvalue weighted by atomic mass is 35.5. The second kappa shape index (κ2) is 4.98. The average molecular weight is 245 g/mol. The molecule has 1 aromatic rings. The van der Waals surface area contributed by atoms with E-state index >= 15 is 0 Å². The van der Waals surface area contributed by atoms with Crippen LogP contribution >= 0.6 is 11.6 Å². The molecule has 0 spiro atoms. The van der Waals surface area contributed by atoms with Crippen LogP contribution in [0.2, 0.25) is 5.02 Å². The lowest BCUT2D eigenvalue weighted by molar-refractivity contribution is -0.116. The summed E-state index contributed by atoms with van der Waals surface area (Å²) in [6, 6.07) is -0.0423. The molecule has 7 heteroatoms. The Hall–Kier alpha value is -1.56. The van der Waals surface area contributed by atoms with Gasteiger partial charge in [-0.05, 0) is 13.8 Å². The third-order valence-corrected chi connectivity index (χ3v) is 2.34. The fraction of sp³-hybridized carbons (Fsp3) is 0.444. The van der Waals surface area contributed by atoms with E-state index in [0.717, 1.165) is 0 Å². The summed E-state index contributed by atoms with van der Waals surface area (Å²) in [5.41, 5.74) is 4.68. The molecular formula is C9H13ClN4O2. The van der Waals surface area contributed by atoms with E-state index in [1.165, 1.54) is 6.33 Å². The number of carbonyl (C=O) groups excluding carboxylic acids is 1. The van der Waals surface area contributed by atoms with Crippen LogP contribution in [0, 0.1) is 0 Å². The van der Waals surface area contributed by atoms with Crippen molar-refractivity contribution in [3.8, 4) is 0 Å². The van der Waals surface area contributed by atoms with Crippen LogP contribution in [0.1, 0.15) is 13.8 Å². The summed E-state index contributed by atoms with van der Waals surface area (Å²) >= 11 is 5.82. The molecule has 0 saturated heterocycles. The van der Waals surface area contributed by atoms with Gasteiger partial charge in [0.05, 0.1) is 12.9 Å². The van der Waals surface area contributed by atoms with Crippen molar-refractivity contribution in [3.05, 3.63) is 21.7 Å². The fourth-order valence-electron chi connectivity index (χ4n) is 1.24. The molecule has 3 N–H and O–H groups in total. The highest BCUT2D eigenvalue weighted by Gasteiger charge is 2.18. The average Bonchev–Trinajstić information content (AvgIpc) is 2.18. The topological polar surface area (TPSA) is 92.1 Å². The van der Waals surface area contributed by atoms with Crippen molar-refractivity contribution >= 4 is 23.3 Å². The molecule has 1 rings (SSSR count). The number of hydrogen-bond donors (Lipinski definition) is 2. The number of aromatic amines is 1. The summed E-state index contributed by atoms with van der Waals surface area (Å²) in [7, 11) is 0. The quantitative estimate of drug-likeness (QED) is 0.787. The molecule has 0 fully saturated rings. The highest BCUT2D eigenvalue weighted by Crippen LogP contribution is 2.19.